The van der Waals surface area contributed by atoms with E-state index in [9.17, 15) is 13.7 Å². The van der Waals surface area contributed by atoms with Crippen LogP contribution in [0.2, 0.25) is 0 Å². The summed E-state index contributed by atoms with van der Waals surface area (Å²) >= 11 is 0. The molecule has 0 saturated heterocycles. The topological polar surface area (TPSA) is 0 Å². The average Bonchev–Trinajstić information content (AvgIpc) is 3.33. The first-order valence-electron chi connectivity index (χ1n) is 25.6. The number of fused-ring (bicyclic) bond motifs is 4. The van der Waals surface area contributed by atoms with E-state index in [0.29, 0.717) is 10.8 Å². The van der Waals surface area contributed by atoms with Crippen LogP contribution in [-0.2, 0) is 0 Å². The summed E-state index contributed by atoms with van der Waals surface area (Å²) in [6.07, 6.45) is 0. The monoisotopic (exact) mass is 605 g/mol. The van der Waals surface area contributed by atoms with Crippen LogP contribution in [0.15, 0.2) is 181 Å². The smallest absolute Gasteiger partial charge is 0.0622 e. The standard InChI is InChI=1S/C46H30/c1-2-12-31(13-3-1)35-26-27-43-44(30-35)46(37-19-10-18-36(29-37)40-23-11-17-33-15-6-7-20-39(33)40)42-22-9-8-21-41(42)45(43)38-25-24-32-14-4-5-16-34(32)28-38/h1-30H/i1D,2D,3D,4D,5D,8D,9D,10D,12D,13D,14D,16D,18D,19D,21D,22D,24D,25D,26D,27D,28D,29D,30D. The Hall–Kier alpha value is -5.98. The molecule has 0 radical (unpaired) electrons. The molecule has 46 heavy (non-hydrogen) atoms. The molecule has 0 fully saturated rings. The molecule has 9 rings (SSSR count). The molecule has 0 aliphatic carbocycles. The summed E-state index contributed by atoms with van der Waals surface area (Å²) in [6.45, 7) is 0. The van der Waals surface area contributed by atoms with Crippen molar-refractivity contribution in [1.29, 1.82) is 0 Å². The molecular formula is C46H30. The summed E-state index contributed by atoms with van der Waals surface area (Å²) in [7, 11) is 0. The minimum Gasteiger partial charge on any atom is -0.0622 e. The molecule has 0 unspecified atom stereocenters. The highest BCUT2D eigenvalue weighted by Crippen LogP contribution is 2.46. The van der Waals surface area contributed by atoms with Crippen LogP contribution >= 0.6 is 0 Å². The number of hydrogen-bond acceptors (Lipinski definition) is 0. The van der Waals surface area contributed by atoms with Gasteiger partial charge in [0.15, 0.2) is 0 Å². The summed E-state index contributed by atoms with van der Waals surface area (Å²) in [6, 6.07) is -8.16. The molecule has 214 valence electrons. The number of hydrogen-bond donors (Lipinski definition) is 0. The van der Waals surface area contributed by atoms with Crippen molar-refractivity contribution in [3.63, 3.8) is 0 Å². The summed E-state index contributed by atoms with van der Waals surface area (Å²) in [5.74, 6) is 0. The van der Waals surface area contributed by atoms with Gasteiger partial charge in [0.25, 0.3) is 0 Å². The van der Waals surface area contributed by atoms with Crippen LogP contribution < -0.4 is 0 Å². The minimum atomic E-state index is -0.999. The molecule has 0 saturated carbocycles. The lowest BCUT2D eigenvalue weighted by Crippen LogP contribution is -1.92. The molecule has 0 spiro atoms. The maximum absolute atomic E-state index is 10.0. The second-order valence-corrected chi connectivity index (χ2v) is 10.3. The van der Waals surface area contributed by atoms with Gasteiger partial charge in [-0.2, -0.15) is 0 Å². The zero-order valence-electron chi connectivity index (χ0n) is 46.5. The highest BCUT2D eigenvalue weighted by molar-refractivity contribution is 6.22. The molecular weight excluding hydrogens is 553 g/mol. The van der Waals surface area contributed by atoms with E-state index in [1.54, 1.807) is 42.5 Å². The molecule has 0 heterocycles. The molecule has 9 aromatic rings. The minimum absolute atomic E-state index is 0.229. The molecule has 0 N–H and O–H groups in total. The van der Waals surface area contributed by atoms with E-state index < -0.39 is 205 Å². The van der Waals surface area contributed by atoms with Crippen molar-refractivity contribution in [2.24, 2.45) is 0 Å². The van der Waals surface area contributed by atoms with E-state index >= 15 is 0 Å². The van der Waals surface area contributed by atoms with Crippen molar-refractivity contribution in [3.05, 3.63) is 181 Å². The van der Waals surface area contributed by atoms with E-state index in [0.717, 1.165) is 0 Å². The SMILES string of the molecule is [2H]c1c([2H])c([2H])c(-c2c([2H])c([2H])c3c(-c4c([2H])c([2H])c5c([2H])c([2H])c([2H])c([2H])c5c4[2H])c4c([2H])c([2H])c([2H])c([2H])c4c(-c4c([2H])c([2H])c([2H])c(-c5cccc6ccccc56)c4[2H])c3c2[2H])c([2H])c1[2H]. The second kappa shape index (κ2) is 10.9. The molecule has 0 bridgehead atoms. The van der Waals surface area contributed by atoms with Crippen molar-refractivity contribution < 1.29 is 31.5 Å². The third-order valence-electron chi connectivity index (χ3n) is 7.68. The molecule has 0 atom stereocenters. The Labute approximate surface area is 301 Å². The van der Waals surface area contributed by atoms with E-state index in [4.69, 9.17) is 17.8 Å². The summed E-state index contributed by atoms with van der Waals surface area (Å²) in [4.78, 5) is 0. The van der Waals surface area contributed by atoms with Gasteiger partial charge in [-0.1, -0.05) is 163 Å². The third kappa shape index (κ3) is 4.38. The first-order valence-corrected chi connectivity index (χ1v) is 14.1. The van der Waals surface area contributed by atoms with Crippen molar-refractivity contribution >= 4 is 43.1 Å². The molecule has 0 amide bonds. The zero-order valence-corrected chi connectivity index (χ0v) is 23.5. The van der Waals surface area contributed by atoms with Crippen LogP contribution in [0.25, 0.3) is 87.6 Å². The first-order chi connectivity index (χ1) is 32.4. The van der Waals surface area contributed by atoms with E-state index in [1.165, 1.54) is 0 Å². The van der Waals surface area contributed by atoms with Crippen LogP contribution in [0.3, 0.4) is 0 Å². The van der Waals surface area contributed by atoms with Gasteiger partial charge in [-0.15, -0.1) is 0 Å². The van der Waals surface area contributed by atoms with Crippen molar-refractivity contribution in [3.8, 4) is 44.5 Å². The lowest BCUT2D eigenvalue weighted by Gasteiger charge is -2.19. The van der Waals surface area contributed by atoms with Gasteiger partial charge >= 0.3 is 0 Å². The Balaban J connectivity index is 1.67. The maximum atomic E-state index is 10.0. The quantitative estimate of drug-likeness (QED) is 0.175. The largest absolute Gasteiger partial charge is 0.0636 e. The zero-order chi connectivity index (χ0) is 50.5. The Morgan fingerprint density at radius 1 is 0.304 bits per heavy atom. The lowest BCUT2D eigenvalue weighted by molar-refractivity contribution is 1.62. The summed E-state index contributed by atoms with van der Waals surface area (Å²) in [5.41, 5.74) is -4.21. The molecule has 0 aromatic heterocycles. The Morgan fingerprint density at radius 3 is 1.80 bits per heavy atom. The van der Waals surface area contributed by atoms with Crippen LogP contribution in [0.1, 0.15) is 31.5 Å². The van der Waals surface area contributed by atoms with Gasteiger partial charge in [0, 0.05) is 0 Å². The summed E-state index contributed by atoms with van der Waals surface area (Å²) < 4.78 is 209. The maximum Gasteiger partial charge on any atom is 0.0636 e. The Kier molecular flexibility index (Phi) is 2.86. The normalized spacial score (nSPS) is 18.5. The van der Waals surface area contributed by atoms with E-state index in [1.807, 2.05) is 0 Å². The molecule has 0 heteroatoms. The van der Waals surface area contributed by atoms with Gasteiger partial charge in [0.2, 0.25) is 0 Å². The molecule has 9 aromatic carbocycles. The van der Waals surface area contributed by atoms with Gasteiger partial charge in [0.05, 0.1) is 31.5 Å². The highest BCUT2D eigenvalue weighted by Gasteiger charge is 2.18. The van der Waals surface area contributed by atoms with Crippen molar-refractivity contribution in [1.82, 2.24) is 0 Å². The van der Waals surface area contributed by atoms with Gasteiger partial charge in [-0.05, 0) is 106 Å². The second-order valence-electron chi connectivity index (χ2n) is 10.3. The fourth-order valence-corrected chi connectivity index (χ4v) is 5.67. The fourth-order valence-electron chi connectivity index (χ4n) is 5.67. The number of benzene rings is 9. The molecule has 0 aliphatic rings. The van der Waals surface area contributed by atoms with E-state index in [2.05, 4.69) is 0 Å². The predicted octanol–water partition coefficient (Wildman–Crippen LogP) is 13.0. The van der Waals surface area contributed by atoms with Gasteiger partial charge in [-0.3, -0.25) is 0 Å². The lowest BCUT2D eigenvalue weighted by atomic mass is 9.84. The van der Waals surface area contributed by atoms with Crippen LogP contribution in [0.4, 0.5) is 0 Å². The molecule has 0 nitrogen and oxygen atoms in total. The van der Waals surface area contributed by atoms with Crippen LogP contribution in [0.5, 0.6) is 0 Å². The Morgan fingerprint density at radius 2 is 0.935 bits per heavy atom. The fraction of sp³-hybridized carbons (Fsp3) is 0. The Bertz CT molecular complexity index is 3840. The predicted molar refractivity (Wildman–Crippen MR) is 198 cm³/mol. The first kappa shape index (κ1) is 12.1. The van der Waals surface area contributed by atoms with Crippen LogP contribution in [0, 0.1) is 0 Å². The third-order valence-corrected chi connectivity index (χ3v) is 7.68. The van der Waals surface area contributed by atoms with Crippen LogP contribution in [-0.4, -0.2) is 0 Å². The summed E-state index contributed by atoms with van der Waals surface area (Å²) in [5, 5.41) is -2.69. The molecule has 0 aliphatic heterocycles. The number of rotatable bonds is 4. The van der Waals surface area contributed by atoms with Crippen molar-refractivity contribution in [2.75, 3.05) is 0 Å². The van der Waals surface area contributed by atoms with Gasteiger partial charge < -0.3 is 0 Å². The van der Waals surface area contributed by atoms with E-state index in [-0.39, 0.29) is 11.1 Å². The van der Waals surface area contributed by atoms with Gasteiger partial charge in [0.1, 0.15) is 0 Å². The van der Waals surface area contributed by atoms with Crippen molar-refractivity contribution in [2.45, 2.75) is 0 Å². The highest BCUT2D eigenvalue weighted by atomic mass is 14.2. The average molecular weight is 606 g/mol. The van der Waals surface area contributed by atoms with Gasteiger partial charge in [-0.25, -0.2) is 0 Å².